The minimum Gasteiger partial charge on any atom is -0.494 e. The average molecular weight is 678 g/mol. The van der Waals surface area contributed by atoms with Gasteiger partial charge in [0.25, 0.3) is 27.2 Å². The summed E-state index contributed by atoms with van der Waals surface area (Å²) in [5.41, 5.74) is 7.16. The number of benzene rings is 3. The van der Waals surface area contributed by atoms with Crippen molar-refractivity contribution in [3.63, 3.8) is 0 Å². The lowest BCUT2D eigenvalue weighted by atomic mass is 10.1. The van der Waals surface area contributed by atoms with Crippen molar-refractivity contribution in [2.45, 2.75) is 37.8 Å². The van der Waals surface area contributed by atoms with E-state index in [-0.39, 0.29) is 39.8 Å². The van der Waals surface area contributed by atoms with Crippen molar-refractivity contribution in [3.05, 3.63) is 95.2 Å². The highest BCUT2D eigenvalue weighted by atomic mass is 32.2. The molecule has 244 valence electrons. The molecule has 0 saturated carbocycles. The number of amides is 3. The van der Waals surface area contributed by atoms with Crippen molar-refractivity contribution < 1.29 is 36.7 Å². The van der Waals surface area contributed by atoms with Gasteiger partial charge in [0, 0.05) is 11.3 Å². The van der Waals surface area contributed by atoms with Gasteiger partial charge in [-0.25, -0.2) is 4.68 Å². The number of aromatic nitrogens is 2. The molecule has 47 heavy (non-hydrogen) atoms. The molecular weight excluding hydrogens is 647 g/mol. The minimum atomic E-state index is -4.19. The number of sulfonamides is 1. The maximum atomic E-state index is 14.0. The maximum Gasteiger partial charge on any atom is 0.289 e. The fourth-order valence-corrected chi connectivity index (χ4v) is 6.16. The molecule has 1 fully saturated rings. The number of anilines is 2. The number of primary amides is 1. The third-order valence-corrected chi connectivity index (χ3v) is 8.98. The molecule has 4 aromatic rings. The van der Waals surface area contributed by atoms with Crippen molar-refractivity contribution in [2.75, 3.05) is 16.8 Å². The van der Waals surface area contributed by atoms with Gasteiger partial charge >= 0.3 is 0 Å². The fraction of sp³-hybridized carbons (Fsp3) is 0.226. The Bertz CT molecular complexity index is 2000. The molecule has 3 N–H and O–H groups in total. The zero-order valence-corrected chi connectivity index (χ0v) is 27.2. The number of thiocarbonyl (C=S) groups is 1. The number of ether oxygens (including phenoxy) is 1. The van der Waals surface area contributed by atoms with Crippen LogP contribution in [0.4, 0.5) is 11.4 Å². The summed E-state index contributed by atoms with van der Waals surface area (Å²) in [6.07, 6.45) is -0.326. The van der Waals surface area contributed by atoms with E-state index < -0.39 is 33.8 Å². The molecule has 5 rings (SSSR count). The summed E-state index contributed by atoms with van der Waals surface area (Å²) in [6, 6.07) is 17.8. The van der Waals surface area contributed by atoms with Crippen LogP contribution in [-0.2, 0) is 33.2 Å². The van der Waals surface area contributed by atoms with Crippen LogP contribution in [0.2, 0.25) is 0 Å². The number of carbonyl (C=O) groups excluding carboxylic acids is 3. The van der Waals surface area contributed by atoms with E-state index in [1.54, 1.807) is 36.4 Å². The predicted octanol–water partition coefficient (Wildman–Crippen LogP) is 1.69. The van der Waals surface area contributed by atoms with Crippen LogP contribution < -0.4 is 36.2 Å². The van der Waals surface area contributed by atoms with Crippen LogP contribution in [0, 0.1) is 6.92 Å². The minimum absolute atomic E-state index is 0.0416. The first-order valence-corrected chi connectivity index (χ1v) is 16.2. The summed E-state index contributed by atoms with van der Waals surface area (Å²) >= 11 is 5.78. The smallest absolute Gasteiger partial charge is 0.289 e. The van der Waals surface area contributed by atoms with Gasteiger partial charge in [-0.15, -0.1) is 4.40 Å². The largest absolute Gasteiger partial charge is 0.494 e. The van der Waals surface area contributed by atoms with Crippen LogP contribution in [0.25, 0.3) is 0 Å². The molecule has 1 unspecified atom stereocenters. The molecule has 1 aliphatic rings. The highest BCUT2D eigenvalue weighted by Gasteiger charge is 2.45. The number of nitrogens with two attached hydrogens (primary N) is 1. The molecule has 14 nitrogen and oxygen atoms in total. The highest BCUT2D eigenvalue weighted by molar-refractivity contribution is 7.90. The molecule has 3 amide bonds. The lowest BCUT2D eigenvalue weighted by molar-refractivity contribution is -0.752. The SMILES string of the molecule is CCOc1ccc(N2C(=O)C(CC(=O)Nc3ccc(C(N)=O)cc3)N(Cc3/c(=N/S(=O)(=O)c4ccc(C)cc4)o[n-][n+]3C)C2=S)cc1. The van der Waals surface area contributed by atoms with Gasteiger partial charge in [0.15, 0.2) is 5.11 Å². The Balaban J connectivity index is 1.48. The number of carbonyl (C=O) groups is 3. The number of hydrogen-bond donors (Lipinski definition) is 2. The van der Waals surface area contributed by atoms with Crippen LogP contribution >= 0.6 is 12.2 Å². The second-order valence-electron chi connectivity index (χ2n) is 10.5. The first kappa shape index (κ1) is 33.0. The van der Waals surface area contributed by atoms with Crippen molar-refractivity contribution >= 4 is 56.4 Å². The van der Waals surface area contributed by atoms with Gasteiger partial charge in [-0.2, -0.15) is 8.42 Å². The van der Waals surface area contributed by atoms with Gasteiger partial charge in [-0.05, 0) is 86.7 Å². The summed E-state index contributed by atoms with van der Waals surface area (Å²) < 4.78 is 42.2. The Morgan fingerprint density at radius 2 is 1.74 bits per heavy atom. The number of aryl methyl sites for hydroxylation is 2. The highest BCUT2D eigenvalue weighted by Crippen LogP contribution is 2.30. The quantitative estimate of drug-likeness (QED) is 0.175. The van der Waals surface area contributed by atoms with Crippen LogP contribution in [-0.4, -0.2) is 48.8 Å². The third kappa shape index (κ3) is 7.23. The first-order valence-electron chi connectivity index (χ1n) is 14.3. The topological polar surface area (TPSA) is 183 Å². The molecule has 1 aromatic heterocycles. The zero-order chi connectivity index (χ0) is 33.9. The number of rotatable bonds is 11. The van der Waals surface area contributed by atoms with Crippen LogP contribution in [0.1, 0.15) is 35.0 Å². The van der Waals surface area contributed by atoms with Crippen molar-refractivity contribution in [1.82, 2.24) is 10.2 Å². The standard InChI is InChI=1S/C31H31N7O7S2/c1-4-44-23-13-11-22(12-14-23)38-30(41)25(17-27(39)33-21-9-7-20(8-10-21)28(32)40)37(31(38)46)18-26-29(45-35-36(26)3)34-47(42,43)24-15-5-19(2)6-16-24/h5-16,25H,4,17-18H2,1-3H3,(H2,32,40)(H,33,39)/b34-29-. The number of nitrogens with one attached hydrogen (secondary N) is 1. The molecule has 0 spiro atoms. The number of hydrogen-bond acceptors (Lipinski definition) is 8. The summed E-state index contributed by atoms with van der Waals surface area (Å²) in [5, 5.41) is 6.63. The monoisotopic (exact) mass is 677 g/mol. The zero-order valence-electron chi connectivity index (χ0n) is 25.6. The Hall–Kier alpha value is -5.35. The van der Waals surface area contributed by atoms with E-state index in [4.69, 9.17) is 27.2 Å². The van der Waals surface area contributed by atoms with Crippen molar-refractivity contribution in [2.24, 2.45) is 17.2 Å². The van der Waals surface area contributed by atoms with E-state index in [0.29, 0.717) is 23.7 Å². The molecule has 1 aliphatic heterocycles. The molecular formula is C31H31N7O7S2. The van der Waals surface area contributed by atoms with Gasteiger partial charge in [0.05, 0.1) is 23.6 Å². The molecule has 1 saturated heterocycles. The summed E-state index contributed by atoms with van der Waals surface area (Å²) in [6.45, 7) is 3.96. The van der Waals surface area contributed by atoms with Gasteiger partial charge < -0.3 is 25.2 Å². The maximum absolute atomic E-state index is 14.0. The first-order chi connectivity index (χ1) is 22.4. The molecule has 3 aromatic carbocycles. The normalized spacial score (nSPS) is 15.3. The van der Waals surface area contributed by atoms with Crippen molar-refractivity contribution in [3.8, 4) is 5.75 Å². The summed E-state index contributed by atoms with van der Waals surface area (Å²) in [4.78, 5) is 41.4. The molecule has 0 radical (unpaired) electrons. The Kier molecular flexibility index (Phi) is 9.53. The van der Waals surface area contributed by atoms with E-state index >= 15 is 0 Å². The third-order valence-electron chi connectivity index (χ3n) is 7.29. The van der Waals surface area contributed by atoms with E-state index in [9.17, 15) is 22.8 Å². The fourth-order valence-electron chi connectivity index (χ4n) is 4.83. The van der Waals surface area contributed by atoms with E-state index in [1.807, 2.05) is 13.8 Å². The van der Waals surface area contributed by atoms with Gasteiger partial charge in [-0.1, -0.05) is 17.7 Å². The van der Waals surface area contributed by atoms with Crippen LogP contribution in [0.5, 0.6) is 5.75 Å². The Morgan fingerprint density at radius 1 is 1.09 bits per heavy atom. The second-order valence-corrected chi connectivity index (χ2v) is 12.5. The second kappa shape index (κ2) is 13.6. The van der Waals surface area contributed by atoms with E-state index in [0.717, 1.165) is 5.56 Å². The van der Waals surface area contributed by atoms with Crippen molar-refractivity contribution in [1.29, 1.82) is 0 Å². The Labute approximate surface area is 275 Å². The van der Waals surface area contributed by atoms with Gasteiger partial charge in [0.2, 0.25) is 11.8 Å². The molecule has 16 heteroatoms. The van der Waals surface area contributed by atoms with Gasteiger partial charge in [-0.3, -0.25) is 24.6 Å². The molecule has 0 bridgehead atoms. The lowest BCUT2D eigenvalue weighted by Crippen LogP contribution is -2.45. The lowest BCUT2D eigenvalue weighted by Gasteiger charge is -2.22. The van der Waals surface area contributed by atoms with Crippen LogP contribution in [0.3, 0.4) is 0 Å². The summed E-state index contributed by atoms with van der Waals surface area (Å²) in [5.74, 6) is -1.01. The average Bonchev–Trinajstić information content (AvgIpc) is 3.48. The van der Waals surface area contributed by atoms with Crippen LogP contribution in [0.15, 0.2) is 86.6 Å². The summed E-state index contributed by atoms with van der Waals surface area (Å²) in [7, 11) is -2.66. The van der Waals surface area contributed by atoms with Gasteiger partial charge in [0.1, 0.15) is 25.4 Å². The Morgan fingerprint density at radius 3 is 2.36 bits per heavy atom. The number of nitrogens with zero attached hydrogens (tertiary/aromatic N) is 5. The molecule has 1 atom stereocenters. The predicted molar refractivity (Wildman–Crippen MR) is 172 cm³/mol. The van der Waals surface area contributed by atoms with E-state index in [2.05, 4.69) is 15.0 Å². The molecule has 0 aliphatic carbocycles. The van der Waals surface area contributed by atoms with E-state index in [1.165, 1.54) is 57.9 Å². The molecule has 2 heterocycles.